The molecule has 1 amide bonds. The van der Waals surface area contributed by atoms with Crippen LogP contribution >= 0.6 is 46.4 Å². The van der Waals surface area contributed by atoms with Gasteiger partial charge in [0.2, 0.25) is 6.17 Å². The largest absolute Gasteiger partial charge is 0.370 e. The second kappa shape index (κ2) is 7.36. The van der Waals surface area contributed by atoms with Gasteiger partial charge in [-0.2, -0.15) is 0 Å². The van der Waals surface area contributed by atoms with Gasteiger partial charge in [0, 0.05) is 10.6 Å². The van der Waals surface area contributed by atoms with Crippen LogP contribution in [0.15, 0.2) is 24.3 Å². The molecule has 1 aromatic carbocycles. The predicted molar refractivity (Wildman–Crippen MR) is 84.5 cm³/mol. The van der Waals surface area contributed by atoms with Gasteiger partial charge in [0.1, 0.15) is 13.1 Å². The Morgan fingerprint density at radius 1 is 1.19 bits per heavy atom. The molecule has 1 aliphatic heterocycles. The van der Waals surface area contributed by atoms with Crippen molar-refractivity contribution in [2.75, 3.05) is 26.3 Å². The molecule has 2 rings (SSSR count). The van der Waals surface area contributed by atoms with E-state index in [9.17, 15) is 4.79 Å². The molecule has 0 aliphatic carbocycles. The number of amides is 1. The maximum atomic E-state index is 12.3. The van der Waals surface area contributed by atoms with Crippen LogP contribution in [0.25, 0.3) is 0 Å². The third-order valence-electron chi connectivity index (χ3n) is 3.25. The summed E-state index contributed by atoms with van der Waals surface area (Å²) in [6, 6.07) is 6.54. The summed E-state index contributed by atoms with van der Waals surface area (Å²) in [7, 11) is 0. The Morgan fingerprint density at radius 2 is 1.76 bits per heavy atom. The zero-order valence-electron chi connectivity index (χ0n) is 11.0. The van der Waals surface area contributed by atoms with Crippen LogP contribution in [0.3, 0.4) is 0 Å². The number of hydrogen-bond acceptors (Lipinski definition) is 2. The maximum absolute atomic E-state index is 12.3. The minimum absolute atomic E-state index is 0.304. The molecule has 1 atom stereocenters. The summed E-state index contributed by atoms with van der Waals surface area (Å²) in [5.41, 5.74) is 0.464. The fraction of sp³-hybridized carbons (Fsp3) is 0.462. The summed E-state index contributed by atoms with van der Waals surface area (Å²) >= 11 is 23.9. The highest BCUT2D eigenvalue weighted by molar-refractivity contribution is 6.68. The van der Waals surface area contributed by atoms with E-state index in [1.165, 1.54) is 0 Å². The Bertz CT molecular complexity index is 484. The number of ether oxygens (including phenoxy) is 1. The van der Waals surface area contributed by atoms with Crippen LogP contribution in [0.2, 0.25) is 5.02 Å². The Labute approximate surface area is 143 Å². The van der Waals surface area contributed by atoms with Crippen molar-refractivity contribution in [3.63, 3.8) is 0 Å². The van der Waals surface area contributed by atoms with E-state index in [1.54, 1.807) is 24.3 Å². The van der Waals surface area contributed by atoms with Gasteiger partial charge in [0.05, 0.1) is 13.2 Å². The van der Waals surface area contributed by atoms with E-state index in [2.05, 4.69) is 5.32 Å². The van der Waals surface area contributed by atoms with Crippen LogP contribution in [0, 0.1) is 0 Å². The molecule has 0 radical (unpaired) electrons. The van der Waals surface area contributed by atoms with Gasteiger partial charge in [-0.05, 0) is 24.3 Å². The molecule has 0 aromatic heterocycles. The molecule has 1 unspecified atom stereocenters. The molecule has 0 bridgehead atoms. The highest BCUT2D eigenvalue weighted by Crippen LogP contribution is 2.28. The maximum Gasteiger partial charge on any atom is 0.262 e. The van der Waals surface area contributed by atoms with Gasteiger partial charge >= 0.3 is 0 Å². The van der Waals surface area contributed by atoms with Gasteiger partial charge in [0.25, 0.3) is 9.70 Å². The normalized spacial score (nSPS) is 18.3. The van der Waals surface area contributed by atoms with Gasteiger partial charge < -0.3 is 9.64 Å². The number of rotatable bonds is 3. The van der Waals surface area contributed by atoms with Crippen LogP contribution < -0.4 is 10.2 Å². The standard InChI is InChI=1S/C13H14Cl4N2O2/c14-10-3-1-9(2-4-10)11(20)18-12(13(15,16)17)19-5-7-21-8-6-19/h1-4,12H,5-8H2,(H,18,20)/p+1. The van der Waals surface area contributed by atoms with E-state index in [4.69, 9.17) is 51.1 Å². The lowest BCUT2D eigenvalue weighted by Crippen LogP contribution is -3.21. The first-order valence-electron chi connectivity index (χ1n) is 6.43. The molecule has 0 saturated carbocycles. The Hall–Kier alpha value is -0.230. The molecule has 2 N–H and O–H groups in total. The van der Waals surface area contributed by atoms with Crippen LogP contribution in [0.4, 0.5) is 0 Å². The Kier molecular flexibility index (Phi) is 6.00. The van der Waals surface area contributed by atoms with Crippen molar-refractivity contribution in [3.05, 3.63) is 34.9 Å². The zero-order chi connectivity index (χ0) is 15.5. The van der Waals surface area contributed by atoms with Crippen molar-refractivity contribution in [2.45, 2.75) is 9.96 Å². The molecule has 8 heteroatoms. The van der Waals surface area contributed by atoms with Crippen LogP contribution in [-0.4, -0.2) is 42.2 Å². The van der Waals surface area contributed by atoms with E-state index in [-0.39, 0.29) is 5.91 Å². The van der Waals surface area contributed by atoms with E-state index < -0.39 is 9.96 Å². The lowest BCUT2D eigenvalue weighted by atomic mass is 10.2. The van der Waals surface area contributed by atoms with E-state index >= 15 is 0 Å². The first-order valence-corrected chi connectivity index (χ1v) is 7.94. The molecule has 1 aromatic rings. The summed E-state index contributed by atoms with van der Waals surface area (Å²) in [5, 5.41) is 3.35. The highest BCUT2D eigenvalue weighted by atomic mass is 35.6. The molecular formula is C13H15Cl4N2O2+. The molecule has 1 fully saturated rings. The Balaban J connectivity index is 2.10. The van der Waals surface area contributed by atoms with Crippen molar-refractivity contribution < 1.29 is 14.4 Å². The zero-order valence-corrected chi connectivity index (χ0v) is 14.1. The average Bonchev–Trinajstić information content (AvgIpc) is 2.45. The smallest absolute Gasteiger partial charge is 0.262 e. The highest BCUT2D eigenvalue weighted by Gasteiger charge is 2.42. The molecule has 1 heterocycles. The molecule has 1 saturated heterocycles. The third kappa shape index (κ3) is 4.88. The SMILES string of the molecule is O=C(NC([NH+]1CCOCC1)C(Cl)(Cl)Cl)c1ccc(Cl)cc1. The quantitative estimate of drug-likeness (QED) is 0.793. The summed E-state index contributed by atoms with van der Waals surface area (Å²) in [5.74, 6) is -0.304. The van der Waals surface area contributed by atoms with Gasteiger partial charge in [0.15, 0.2) is 0 Å². The summed E-state index contributed by atoms with van der Waals surface area (Å²) < 4.78 is 3.69. The molecule has 1 aliphatic rings. The monoisotopic (exact) mass is 371 g/mol. The van der Waals surface area contributed by atoms with Crippen molar-refractivity contribution >= 4 is 52.3 Å². The fourth-order valence-electron chi connectivity index (χ4n) is 2.15. The molecular weight excluding hydrogens is 358 g/mol. The molecule has 21 heavy (non-hydrogen) atoms. The Morgan fingerprint density at radius 3 is 2.29 bits per heavy atom. The lowest BCUT2D eigenvalue weighted by molar-refractivity contribution is -0.934. The van der Waals surface area contributed by atoms with Crippen molar-refractivity contribution in [1.29, 1.82) is 0 Å². The van der Waals surface area contributed by atoms with Crippen molar-refractivity contribution in [1.82, 2.24) is 5.32 Å². The topological polar surface area (TPSA) is 42.8 Å². The van der Waals surface area contributed by atoms with Crippen LogP contribution in [0.1, 0.15) is 10.4 Å². The molecule has 4 nitrogen and oxygen atoms in total. The number of quaternary nitrogens is 1. The summed E-state index contributed by atoms with van der Waals surface area (Å²) in [6.07, 6.45) is -0.644. The minimum atomic E-state index is -1.60. The summed E-state index contributed by atoms with van der Waals surface area (Å²) in [4.78, 5) is 13.3. The van der Waals surface area contributed by atoms with Gasteiger partial charge in [-0.1, -0.05) is 46.4 Å². The molecule has 116 valence electrons. The number of hydrogen-bond donors (Lipinski definition) is 2. The number of alkyl halides is 3. The number of carbonyl (C=O) groups excluding carboxylic acids is 1. The third-order valence-corrected chi connectivity index (χ3v) is 4.16. The van der Waals surface area contributed by atoms with E-state index in [1.807, 2.05) is 0 Å². The first-order chi connectivity index (χ1) is 9.88. The number of halogens is 4. The van der Waals surface area contributed by atoms with Crippen LogP contribution in [-0.2, 0) is 4.74 Å². The first kappa shape index (κ1) is 17.1. The van der Waals surface area contributed by atoms with Crippen molar-refractivity contribution in [2.24, 2.45) is 0 Å². The minimum Gasteiger partial charge on any atom is -0.370 e. The second-order valence-corrected chi connectivity index (χ2v) is 7.53. The predicted octanol–water partition coefficient (Wildman–Crippen LogP) is 1.68. The second-order valence-electron chi connectivity index (χ2n) is 4.73. The van der Waals surface area contributed by atoms with Gasteiger partial charge in [-0.15, -0.1) is 0 Å². The fourth-order valence-corrected chi connectivity index (χ4v) is 2.91. The summed E-state index contributed by atoms with van der Waals surface area (Å²) in [6.45, 7) is 2.48. The van der Waals surface area contributed by atoms with Crippen LogP contribution in [0.5, 0.6) is 0 Å². The van der Waals surface area contributed by atoms with Crippen molar-refractivity contribution in [3.8, 4) is 0 Å². The van der Waals surface area contributed by atoms with E-state index in [0.29, 0.717) is 36.9 Å². The number of morpholine rings is 1. The number of nitrogens with one attached hydrogen (secondary N) is 2. The average molecular weight is 373 g/mol. The number of carbonyl (C=O) groups is 1. The number of benzene rings is 1. The lowest BCUT2D eigenvalue weighted by Gasteiger charge is -2.35. The van der Waals surface area contributed by atoms with Gasteiger partial charge in [-0.3, -0.25) is 10.1 Å². The van der Waals surface area contributed by atoms with Gasteiger partial charge in [-0.25, -0.2) is 0 Å². The van der Waals surface area contributed by atoms with E-state index in [0.717, 1.165) is 4.90 Å². The molecule has 0 spiro atoms.